The third-order valence-corrected chi connectivity index (χ3v) is 10.1. The average molecular weight is 580 g/mol. The highest BCUT2D eigenvalue weighted by Gasteiger charge is 2.29. The molecule has 1 amide bonds. The molecule has 1 saturated heterocycles. The van der Waals surface area contributed by atoms with Gasteiger partial charge in [0.25, 0.3) is 5.91 Å². The summed E-state index contributed by atoms with van der Waals surface area (Å²) in [6, 6.07) is 13.5. The Hall–Kier alpha value is -2.01. The Labute approximate surface area is 234 Å². The Morgan fingerprint density at radius 1 is 1.11 bits per heavy atom. The minimum absolute atomic E-state index is 0.200. The SMILES string of the molecule is CSSC(C)(C)CN1CCC(c2nc(C(=O)Nc3ccccc3-c3ccc(CC(F)(F)F)cc3)cs2)CC1. The van der Waals surface area contributed by atoms with Crippen molar-refractivity contribution in [2.45, 2.75) is 50.0 Å². The van der Waals surface area contributed by atoms with E-state index in [1.54, 1.807) is 18.2 Å². The van der Waals surface area contributed by atoms with E-state index in [0.717, 1.165) is 48.6 Å². The zero-order valence-corrected chi connectivity index (χ0v) is 24.1. The third kappa shape index (κ3) is 8.00. The molecule has 0 aliphatic carbocycles. The molecule has 10 heteroatoms. The first-order valence-electron chi connectivity index (χ1n) is 12.5. The molecular formula is C28H32F3N3OS3. The van der Waals surface area contributed by atoms with Crippen LogP contribution < -0.4 is 5.32 Å². The predicted octanol–water partition coefficient (Wildman–Crippen LogP) is 8.14. The standard InChI is InChI=1S/C28H32F3N3OS3/c1-27(2,38-36-3)18-34-14-12-21(13-15-34)26-33-24(17-37-26)25(35)32-23-7-5-4-6-22(23)20-10-8-19(9-11-20)16-28(29,30)31/h4-11,17,21H,12-16,18H2,1-3H3,(H,32,35). The predicted molar refractivity (Wildman–Crippen MR) is 155 cm³/mol. The maximum Gasteiger partial charge on any atom is 0.393 e. The molecule has 4 rings (SSSR count). The first-order chi connectivity index (χ1) is 18.0. The van der Waals surface area contributed by atoms with Crippen molar-refractivity contribution in [2.75, 3.05) is 31.2 Å². The van der Waals surface area contributed by atoms with Gasteiger partial charge in [-0.3, -0.25) is 4.79 Å². The van der Waals surface area contributed by atoms with Gasteiger partial charge in [-0.2, -0.15) is 13.2 Å². The second-order valence-electron chi connectivity index (χ2n) is 10.1. The van der Waals surface area contributed by atoms with Crippen LogP contribution in [-0.4, -0.2) is 52.6 Å². The summed E-state index contributed by atoms with van der Waals surface area (Å²) >= 11 is 1.53. The number of nitrogens with one attached hydrogen (secondary N) is 1. The lowest BCUT2D eigenvalue weighted by Crippen LogP contribution is -2.40. The average Bonchev–Trinajstić information content (AvgIpc) is 3.35. The fourth-order valence-electron chi connectivity index (χ4n) is 4.77. The summed E-state index contributed by atoms with van der Waals surface area (Å²) in [5.74, 6) is 0.0681. The van der Waals surface area contributed by atoms with E-state index in [2.05, 4.69) is 35.3 Å². The number of hydrogen-bond acceptors (Lipinski definition) is 6. The zero-order chi connectivity index (χ0) is 27.3. The van der Waals surface area contributed by atoms with Gasteiger partial charge < -0.3 is 10.2 Å². The van der Waals surface area contributed by atoms with E-state index in [0.29, 0.717) is 17.3 Å². The summed E-state index contributed by atoms with van der Waals surface area (Å²) in [5.41, 5.74) is 2.66. The number of halogens is 3. The van der Waals surface area contributed by atoms with Gasteiger partial charge in [0.1, 0.15) is 5.69 Å². The second kappa shape index (κ2) is 12.4. The van der Waals surface area contributed by atoms with Crippen LogP contribution in [0.3, 0.4) is 0 Å². The van der Waals surface area contributed by atoms with Gasteiger partial charge in [-0.05, 0) is 63.2 Å². The van der Waals surface area contributed by atoms with E-state index in [4.69, 9.17) is 0 Å². The van der Waals surface area contributed by atoms with Crippen molar-refractivity contribution >= 4 is 44.5 Å². The Kier molecular flexibility index (Phi) is 9.49. The van der Waals surface area contributed by atoms with E-state index in [1.807, 2.05) is 45.2 Å². The minimum Gasteiger partial charge on any atom is -0.320 e. The first kappa shape index (κ1) is 29.0. The molecule has 2 aromatic carbocycles. The number of para-hydroxylation sites is 1. The minimum atomic E-state index is -4.25. The zero-order valence-electron chi connectivity index (χ0n) is 21.7. The van der Waals surface area contributed by atoms with Crippen LogP contribution in [-0.2, 0) is 6.42 Å². The van der Waals surface area contributed by atoms with E-state index < -0.39 is 12.6 Å². The maximum absolute atomic E-state index is 13.1. The summed E-state index contributed by atoms with van der Waals surface area (Å²) in [6.45, 7) is 7.68. The number of carbonyl (C=O) groups excluding carboxylic acids is 1. The van der Waals surface area contributed by atoms with Crippen LogP contribution in [0.1, 0.15) is 53.7 Å². The highest BCUT2D eigenvalue weighted by atomic mass is 33.1. The van der Waals surface area contributed by atoms with Crippen LogP contribution in [0.4, 0.5) is 18.9 Å². The van der Waals surface area contributed by atoms with Crippen molar-refractivity contribution < 1.29 is 18.0 Å². The Morgan fingerprint density at radius 3 is 2.45 bits per heavy atom. The van der Waals surface area contributed by atoms with Gasteiger partial charge >= 0.3 is 6.18 Å². The van der Waals surface area contributed by atoms with Crippen molar-refractivity contribution in [1.82, 2.24) is 9.88 Å². The van der Waals surface area contributed by atoms with E-state index in [-0.39, 0.29) is 16.2 Å². The number of likely N-dealkylation sites (tertiary alicyclic amines) is 1. The molecule has 2 heterocycles. The number of anilines is 1. The lowest BCUT2D eigenvalue weighted by atomic mass is 9.97. The molecule has 0 atom stereocenters. The topological polar surface area (TPSA) is 45.2 Å². The number of piperidine rings is 1. The molecule has 1 fully saturated rings. The summed E-state index contributed by atoms with van der Waals surface area (Å²) in [6.07, 6.45) is -1.04. The fourth-order valence-corrected chi connectivity index (χ4v) is 7.94. The van der Waals surface area contributed by atoms with E-state index >= 15 is 0 Å². The largest absolute Gasteiger partial charge is 0.393 e. The number of carbonyl (C=O) groups is 1. The quantitative estimate of drug-likeness (QED) is 0.259. The molecule has 0 radical (unpaired) electrons. The third-order valence-electron chi connectivity index (χ3n) is 6.45. The smallest absolute Gasteiger partial charge is 0.320 e. The molecule has 4 nitrogen and oxygen atoms in total. The monoisotopic (exact) mass is 579 g/mol. The number of benzene rings is 2. The van der Waals surface area contributed by atoms with E-state index in [9.17, 15) is 18.0 Å². The van der Waals surface area contributed by atoms with Crippen molar-refractivity contribution in [3.63, 3.8) is 0 Å². The molecule has 38 heavy (non-hydrogen) atoms. The number of nitrogens with zero attached hydrogens (tertiary/aromatic N) is 2. The second-order valence-corrected chi connectivity index (χ2v) is 14.1. The normalized spacial score (nSPS) is 15.5. The molecule has 1 aliphatic heterocycles. The Bertz CT molecular complexity index is 1220. The molecule has 0 spiro atoms. The van der Waals surface area contributed by atoms with Crippen LogP contribution >= 0.6 is 32.9 Å². The van der Waals surface area contributed by atoms with Crippen molar-refractivity contribution in [3.8, 4) is 11.1 Å². The summed E-state index contributed by atoms with van der Waals surface area (Å²) in [7, 11) is 3.72. The Balaban J connectivity index is 1.38. The Morgan fingerprint density at radius 2 is 1.79 bits per heavy atom. The van der Waals surface area contributed by atoms with Gasteiger partial charge in [-0.15, -0.1) is 11.3 Å². The van der Waals surface area contributed by atoms with Crippen LogP contribution in [0.5, 0.6) is 0 Å². The van der Waals surface area contributed by atoms with Crippen molar-refractivity contribution in [2.24, 2.45) is 0 Å². The summed E-state index contributed by atoms with van der Waals surface area (Å²) < 4.78 is 38.3. The molecule has 0 bridgehead atoms. The number of alkyl halides is 3. The maximum atomic E-state index is 13.1. The molecule has 3 aromatic rings. The van der Waals surface area contributed by atoms with Gasteiger partial charge in [-0.25, -0.2) is 4.98 Å². The van der Waals surface area contributed by atoms with Gasteiger partial charge in [0.2, 0.25) is 0 Å². The van der Waals surface area contributed by atoms with Gasteiger partial charge in [-0.1, -0.05) is 64.1 Å². The summed E-state index contributed by atoms with van der Waals surface area (Å²) in [4.78, 5) is 20.3. The number of hydrogen-bond donors (Lipinski definition) is 1. The fraction of sp³-hybridized carbons (Fsp3) is 0.429. The molecule has 1 aliphatic rings. The lowest BCUT2D eigenvalue weighted by molar-refractivity contribution is -0.127. The number of rotatable bonds is 9. The molecule has 0 saturated carbocycles. The van der Waals surface area contributed by atoms with Crippen molar-refractivity contribution in [3.05, 3.63) is 70.2 Å². The van der Waals surface area contributed by atoms with Crippen LogP contribution in [0.15, 0.2) is 53.9 Å². The number of thiazole rings is 1. The number of aromatic nitrogens is 1. The van der Waals surface area contributed by atoms with Gasteiger partial charge in [0, 0.05) is 33.8 Å². The summed E-state index contributed by atoms with van der Waals surface area (Å²) in [5, 5.41) is 5.76. The highest BCUT2D eigenvalue weighted by Crippen LogP contribution is 2.37. The molecule has 1 N–H and O–H groups in total. The van der Waals surface area contributed by atoms with E-state index in [1.165, 1.54) is 23.5 Å². The number of amides is 1. The molecule has 204 valence electrons. The van der Waals surface area contributed by atoms with Crippen molar-refractivity contribution in [1.29, 1.82) is 0 Å². The molecule has 0 unspecified atom stereocenters. The van der Waals surface area contributed by atoms with Gasteiger partial charge in [0.15, 0.2) is 0 Å². The first-order valence-corrected chi connectivity index (χ1v) is 15.9. The van der Waals surface area contributed by atoms with Gasteiger partial charge in [0.05, 0.1) is 11.4 Å². The van der Waals surface area contributed by atoms with Crippen LogP contribution in [0.2, 0.25) is 0 Å². The lowest BCUT2D eigenvalue weighted by Gasteiger charge is -2.36. The molecule has 1 aromatic heterocycles. The highest BCUT2D eigenvalue weighted by molar-refractivity contribution is 8.76. The van der Waals surface area contributed by atoms with Crippen LogP contribution in [0.25, 0.3) is 11.1 Å². The van der Waals surface area contributed by atoms with Crippen LogP contribution in [0, 0.1) is 0 Å². The molecular weight excluding hydrogens is 548 g/mol.